The Hall–Kier alpha value is -3.03. The van der Waals surface area contributed by atoms with Crippen molar-refractivity contribution in [1.82, 2.24) is 0 Å². The summed E-state index contributed by atoms with van der Waals surface area (Å²) in [6.07, 6.45) is -4.02. The number of methoxy groups -OCH3 is 2. The van der Waals surface area contributed by atoms with Crippen LogP contribution in [0.1, 0.15) is 27.9 Å². The van der Waals surface area contributed by atoms with E-state index in [0.717, 1.165) is 29.7 Å². The van der Waals surface area contributed by atoms with Crippen LogP contribution in [0.15, 0.2) is 41.4 Å². The van der Waals surface area contributed by atoms with E-state index < -0.39 is 6.36 Å². The number of fused-ring (bicyclic) bond motifs is 1. The van der Waals surface area contributed by atoms with E-state index in [1.54, 1.807) is 13.2 Å². The molecule has 0 radical (unpaired) electrons. The number of alkyl halides is 3. The summed E-state index contributed by atoms with van der Waals surface area (Å²) in [7, 11) is 3.08. The number of ether oxygens (including phenoxy) is 3. The molecule has 148 valence electrons. The van der Waals surface area contributed by atoms with Crippen LogP contribution in [0.2, 0.25) is 0 Å². The first-order valence-electron chi connectivity index (χ1n) is 8.48. The minimum atomic E-state index is -4.77. The highest BCUT2D eigenvalue weighted by Crippen LogP contribution is 2.33. The molecule has 0 aromatic heterocycles. The quantitative estimate of drug-likeness (QED) is 0.690. The standard InChI is InChI=1S/C20H18F3NO4/c1-26-18-9-13-7-8-24-16(15(13)10-19(18)27-2)11-17(25)12-3-5-14(6-4-12)28-20(21,22)23/h3-6,9-10H,7-8,11H2,1-2H3. The minimum Gasteiger partial charge on any atom is -0.493 e. The first-order chi connectivity index (χ1) is 13.3. The van der Waals surface area contributed by atoms with Gasteiger partial charge in [0.25, 0.3) is 0 Å². The molecule has 2 aromatic carbocycles. The molecular formula is C20H18F3NO4. The van der Waals surface area contributed by atoms with Crippen molar-refractivity contribution in [3.05, 3.63) is 53.1 Å². The number of aliphatic imine (C=N–C) groups is 1. The Bertz CT molecular complexity index is 905. The first kappa shape index (κ1) is 19.7. The molecule has 1 heterocycles. The number of nitrogens with zero attached hydrogens (tertiary/aromatic N) is 1. The number of halogens is 3. The number of rotatable bonds is 6. The number of carbonyl (C=O) groups excluding carboxylic acids is 1. The van der Waals surface area contributed by atoms with Crippen LogP contribution in [0, 0.1) is 0 Å². The van der Waals surface area contributed by atoms with Gasteiger partial charge in [0, 0.05) is 17.7 Å². The minimum absolute atomic E-state index is 0.0297. The molecule has 0 amide bonds. The maximum atomic E-state index is 12.6. The zero-order valence-corrected chi connectivity index (χ0v) is 15.3. The number of Topliss-reactive ketones (excluding diaryl/α,β-unsaturated/α-hetero) is 1. The van der Waals surface area contributed by atoms with Crippen LogP contribution in [0.5, 0.6) is 17.2 Å². The fraction of sp³-hybridized carbons (Fsp3) is 0.300. The van der Waals surface area contributed by atoms with Gasteiger partial charge < -0.3 is 14.2 Å². The van der Waals surface area contributed by atoms with E-state index >= 15 is 0 Å². The number of hydrogen-bond donors (Lipinski definition) is 0. The zero-order chi connectivity index (χ0) is 20.3. The highest BCUT2D eigenvalue weighted by atomic mass is 19.4. The van der Waals surface area contributed by atoms with Crippen LogP contribution in [0.3, 0.4) is 0 Å². The summed E-state index contributed by atoms with van der Waals surface area (Å²) in [5.74, 6) is 0.521. The van der Waals surface area contributed by atoms with Gasteiger partial charge in [-0.2, -0.15) is 0 Å². The van der Waals surface area contributed by atoms with Gasteiger partial charge in [-0.25, -0.2) is 0 Å². The molecule has 0 unspecified atom stereocenters. The van der Waals surface area contributed by atoms with Crippen molar-refractivity contribution in [3.8, 4) is 17.2 Å². The number of ketones is 1. The second-order valence-corrected chi connectivity index (χ2v) is 6.11. The summed E-state index contributed by atoms with van der Waals surface area (Å²) in [5, 5.41) is 0. The molecule has 5 nitrogen and oxygen atoms in total. The number of benzene rings is 2. The van der Waals surface area contributed by atoms with Gasteiger partial charge in [-0.1, -0.05) is 0 Å². The Morgan fingerprint density at radius 2 is 1.71 bits per heavy atom. The van der Waals surface area contributed by atoms with Gasteiger partial charge in [-0.05, 0) is 48.4 Å². The van der Waals surface area contributed by atoms with Gasteiger partial charge in [0.05, 0.1) is 26.4 Å². The van der Waals surface area contributed by atoms with Crippen molar-refractivity contribution in [2.75, 3.05) is 20.8 Å². The molecule has 2 aromatic rings. The molecule has 0 saturated heterocycles. The molecule has 1 aliphatic rings. The van der Waals surface area contributed by atoms with E-state index in [1.807, 2.05) is 6.07 Å². The van der Waals surface area contributed by atoms with Gasteiger partial charge in [0.2, 0.25) is 0 Å². The number of hydrogen-bond acceptors (Lipinski definition) is 5. The average Bonchev–Trinajstić information content (AvgIpc) is 2.66. The SMILES string of the molecule is COc1cc2c(cc1OC)C(CC(=O)c1ccc(OC(F)(F)F)cc1)=NCC2. The van der Waals surface area contributed by atoms with E-state index in [2.05, 4.69) is 9.73 Å². The molecule has 28 heavy (non-hydrogen) atoms. The summed E-state index contributed by atoms with van der Waals surface area (Å²) < 4.78 is 51.2. The molecule has 0 N–H and O–H groups in total. The maximum absolute atomic E-state index is 12.6. The van der Waals surface area contributed by atoms with Crippen LogP contribution in [-0.2, 0) is 6.42 Å². The summed E-state index contributed by atoms with van der Waals surface area (Å²) in [6, 6.07) is 8.51. The summed E-state index contributed by atoms with van der Waals surface area (Å²) in [5.41, 5.74) is 2.71. The molecule has 3 rings (SSSR count). The van der Waals surface area contributed by atoms with E-state index in [0.29, 0.717) is 23.8 Å². The van der Waals surface area contributed by atoms with Gasteiger partial charge in [-0.3, -0.25) is 9.79 Å². The van der Waals surface area contributed by atoms with Crippen molar-refractivity contribution >= 4 is 11.5 Å². The zero-order valence-electron chi connectivity index (χ0n) is 15.3. The lowest BCUT2D eigenvalue weighted by atomic mass is 9.92. The maximum Gasteiger partial charge on any atom is 0.573 e. The summed E-state index contributed by atoms with van der Waals surface area (Å²) >= 11 is 0. The van der Waals surface area contributed by atoms with Crippen molar-refractivity contribution in [2.24, 2.45) is 4.99 Å². The largest absolute Gasteiger partial charge is 0.573 e. The van der Waals surface area contributed by atoms with Gasteiger partial charge in [0.1, 0.15) is 5.75 Å². The Morgan fingerprint density at radius 1 is 1.07 bits per heavy atom. The predicted molar refractivity (Wildman–Crippen MR) is 96.7 cm³/mol. The van der Waals surface area contributed by atoms with Crippen LogP contribution in [-0.4, -0.2) is 38.6 Å². The smallest absolute Gasteiger partial charge is 0.493 e. The van der Waals surface area contributed by atoms with Crippen molar-refractivity contribution < 1.29 is 32.2 Å². The van der Waals surface area contributed by atoms with Crippen LogP contribution >= 0.6 is 0 Å². The van der Waals surface area contributed by atoms with Crippen molar-refractivity contribution in [1.29, 1.82) is 0 Å². The fourth-order valence-corrected chi connectivity index (χ4v) is 3.04. The normalized spacial score (nSPS) is 13.4. The van der Waals surface area contributed by atoms with Crippen molar-refractivity contribution in [2.45, 2.75) is 19.2 Å². The van der Waals surface area contributed by atoms with Gasteiger partial charge in [-0.15, -0.1) is 13.2 Å². The first-order valence-corrected chi connectivity index (χ1v) is 8.48. The lowest BCUT2D eigenvalue weighted by Gasteiger charge is -2.19. The predicted octanol–water partition coefficient (Wildman–Crippen LogP) is 4.22. The second-order valence-electron chi connectivity index (χ2n) is 6.11. The van der Waals surface area contributed by atoms with E-state index in [4.69, 9.17) is 9.47 Å². The number of carbonyl (C=O) groups is 1. The monoisotopic (exact) mass is 393 g/mol. The molecule has 0 bridgehead atoms. The lowest BCUT2D eigenvalue weighted by Crippen LogP contribution is -2.18. The Morgan fingerprint density at radius 3 is 2.32 bits per heavy atom. The van der Waals surface area contributed by atoms with Gasteiger partial charge >= 0.3 is 6.36 Å². The molecule has 1 aliphatic heterocycles. The Balaban J connectivity index is 1.79. The highest BCUT2D eigenvalue weighted by Gasteiger charge is 2.31. The third-order valence-corrected chi connectivity index (χ3v) is 4.34. The average molecular weight is 393 g/mol. The highest BCUT2D eigenvalue weighted by molar-refractivity contribution is 6.16. The van der Waals surface area contributed by atoms with E-state index in [9.17, 15) is 18.0 Å². The third kappa shape index (κ3) is 4.44. The van der Waals surface area contributed by atoms with Crippen LogP contribution < -0.4 is 14.2 Å². The fourth-order valence-electron chi connectivity index (χ4n) is 3.04. The Kier molecular flexibility index (Phi) is 5.58. The molecule has 8 heteroatoms. The summed E-state index contributed by atoms with van der Waals surface area (Å²) in [6.45, 7) is 0.545. The Labute approximate surface area is 159 Å². The molecule has 0 aliphatic carbocycles. The van der Waals surface area contributed by atoms with Gasteiger partial charge in [0.15, 0.2) is 17.3 Å². The van der Waals surface area contributed by atoms with Crippen LogP contribution in [0.25, 0.3) is 0 Å². The summed E-state index contributed by atoms with van der Waals surface area (Å²) in [4.78, 5) is 17.1. The van der Waals surface area contributed by atoms with E-state index in [-0.39, 0.29) is 23.5 Å². The molecule has 0 atom stereocenters. The molecule has 0 spiro atoms. The second kappa shape index (κ2) is 7.92. The van der Waals surface area contributed by atoms with Crippen LogP contribution in [0.4, 0.5) is 13.2 Å². The van der Waals surface area contributed by atoms with Crippen molar-refractivity contribution in [3.63, 3.8) is 0 Å². The van der Waals surface area contributed by atoms with E-state index in [1.165, 1.54) is 19.2 Å². The topological polar surface area (TPSA) is 57.1 Å². The lowest BCUT2D eigenvalue weighted by molar-refractivity contribution is -0.274. The molecule has 0 fully saturated rings. The third-order valence-electron chi connectivity index (χ3n) is 4.34. The molecular weight excluding hydrogens is 375 g/mol. The molecule has 0 saturated carbocycles.